The molecule has 4 heteroatoms. The number of methoxy groups -OCH3 is 1. The maximum absolute atomic E-state index is 6.52. The smallest absolute Gasteiger partial charge is 0.250 e. The fourth-order valence-electron chi connectivity index (χ4n) is 3.24. The molecule has 3 nitrogen and oxygen atoms in total. The highest BCUT2D eigenvalue weighted by Crippen LogP contribution is 2.48. The van der Waals surface area contributed by atoms with E-state index in [1.165, 1.54) is 11.1 Å². The van der Waals surface area contributed by atoms with Crippen molar-refractivity contribution in [2.45, 2.75) is 64.5 Å². The van der Waals surface area contributed by atoms with Gasteiger partial charge in [-0.3, -0.25) is 0 Å². The maximum Gasteiger partial charge on any atom is 0.250 e. The summed E-state index contributed by atoms with van der Waals surface area (Å²) in [6, 6.07) is 14.6. The van der Waals surface area contributed by atoms with Crippen molar-refractivity contribution in [3.63, 3.8) is 0 Å². The molecule has 0 fully saturated rings. The Bertz CT molecular complexity index is 817. The van der Waals surface area contributed by atoms with Crippen LogP contribution in [0.4, 0.5) is 0 Å². The zero-order valence-corrected chi connectivity index (χ0v) is 18.8. The fraction of sp³-hybridized carbons (Fsp3) is 0.478. The van der Waals surface area contributed by atoms with Crippen molar-refractivity contribution in [3.8, 4) is 11.5 Å². The molecule has 0 radical (unpaired) electrons. The van der Waals surface area contributed by atoms with E-state index in [0.29, 0.717) is 0 Å². The van der Waals surface area contributed by atoms with Gasteiger partial charge < -0.3 is 13.9 Å². The van der Waals surface area contributed by atoms with Gasteiger partial charge in [-0.25, -0.2) is 0 Å². The van der Waals surface area contributed by atoms with Crippen LogP contribution in [0.25, 0.3) is 0 Å². The average molecular weight is 385 g/mol. The molecule has 1 atom stereocenters. The summed E-state index contributed by atoms with van der Waals surface area (Å²) in [4.78, 5) is 0. The van der Waals surface area contributed by atoms with Crippen molar-refractivity contribution in [2.75, 3.05) is 7.11 Å². The van der Waals surface area contributed by atoms with Gasteiger partial charge in [0.15, 0.2) is 0 Å². The molecule has 0 spiro atoms. The lowest BCUT2D eigenvalue weighted by atomic mass is 9.92. The summed E-state index contributed by atoms with van der Waals surface area (Å²) in [6.45, 7) is 15.6. The molecular formula is C23H32O3Si. The third-order valence-electron chi connectivity index (χ3n) is 5.97. The normalized spacial score (nSPS) is 18.9. The van der Waals surface area contributed by atoms with Gasteiger partial charge in [0.1, 0.15) is 17.6 Å². The summed E-state index contributed by atoms with van der Waals surface area (Å²) in [5, 5.41) is 0.170. The van der Waals surface area contributed by atoms with Crippen LogP contribution in [0.1, 0.15) is 57.4 Å². The van der Waals surface area contributed by atoms with Gasteiger partial charge in [0.25, 0.3) is 0 Å². The molecule has 2 aromatic carbocycles. The minimum Gasteiger partial charge on any atom is -0.543 e. The van der Waals surface area contributed by atoms with Crippen LogP contribution >= 0.6 is 0 Å². The highest BCUT2D eigenvalue weighted by molar-refractivity contribution is 6.74. The van der Waals surface area contributed by atoms with Gasteiger partial charge in [-0.05, 0) is 72.9 Å². The second-order valence-electron chi connectivity index (χ2n) is 9.39. The summed E-state index contributed by atoms with van der Waals surface area (Å²) < 4.78 is 18.2. The summed E-state index contributed by atoms with van der Waals surface area (Å²) in [5.74, 6) is 1.81. The summed E-state index contributed by atoms with van der Waals surface area (Å²) in [7, 11) is -0.187. The Morgan fingerprint density at radius 3 is 2.11 bits per heavy atom. The lowest BCUT2D eigenvalue weighted by molar-refractivity contribution is -0.0341. The fourth-order valence-corrected chi connectivity index (χ4v) is 4.27. The van der Waals surface area contributed by atoms with Crippen LogP contribution in [-0.2, 0) is 10.3 Å². The van der Waals surface area contributed by atoms with E-state index >= 15 is 0 Å². The summed E-state index contributed by atoms with van der Waals surface area (Å²) in [5.41, 5.74) is 3.21. The van der Waals surface area contributed by atoms with E-state index in [1.807, 2.05) is 12.1 Å². The van der Waals surface area contributed by atoms with Crippen LogP contribution in [0.2, 0.25) is 18.1 Å². The zero-order valence-electron chi connectivity index (χ0n) is 17.8. The van der Waals surface area contributed by atoms with E-state index in [4.69, 9.17) is 13.9 Å². The van der Waals surface area contributed by atoms with Crippen molar-refractivity contribution >= 4 is 8.32 Å². The molecule has 0 N–H and O–H groups in total. The molecule has 3 rings (SSSR count). The zero-order chi connectivity index (χ0) is 20.0. The molecule has 0 saturated heterocycles. The van der Waals surface area contributed by atoms with E-state index in [-0.39, 0.29) is 16.7 Å². The first kappa shape index (κ1) is 20.0. The highest BCUT2D eigenvalue weighted by atomic mass is 28.4. The van der Waals surface area contributed by atoms with Crippen LogP contribution in [0.5, 0.6) is 11.5 Å². The van der Waals surface area contributed by atoms with Crippen molar-refractivity contribution in [1.29, 1.82) is 0 Å². The van der Waals surface area contributed by atoms with E-state index in [2.05, 4.69) is 78.0 Å². The monoisotopic (exact) mass is 384 g/mol. The minimum absolute atomic E-state index is 0.0668. The Kier molecular flexibility index (Phi) is 4.94. The predicted molar refractivity (Wildman–Crippen MR) is 113 cm³/mol. The van der Waals surface area contributed by atoms with Crippen LogP contribution in [-0.4, -0.2) is 15.4 Å². The highest BCUT2D eigenvalue weighted by Gasteiger charge is 2.41. The molecule has 27 heavy (non-hydrogen) atoms. The third kappa shape index (κ3) is 3.78. The molecule has 0 aromatic heterocycles. The first-order valence-corrected chi connectivity index (χ1v) is 12.5. The molecule has 2 aromatic rings. The Morgan fingerprint density at radius 1 is 0.963 bits per heavy atom. The quantitative estimate of drug-likeness (QED) is 0.568. The van der Waals surface area contributed by atoms with E-state index < -0.39 is 8.32 Å². The van der Waals surface area contributed by atoms with Gasteiger partial charge in [0, 0.05) is 0 Å². The molecule has 1 unspecified atom stereocenters. The Morgan fingerprint density at radius 2 is 1.56 bits per heavy atom. The van der Waals surface area contributed by atoms with Crippen LogP contribution in [0.15, 0.2) is 42.5 Å². The molecule has 0 amide bonds. The topological polar surface area (TPSA) is 27.7 Å². The second kappa shape index (κ2) is 6.68. The predicted octanol–water partition coefficient (Wildman–Crippen LogP) is 6.43. The molecule has 1 aliphatic rings. The Labute approximate surface area is 164 Å². The molecule has 0 saturated carbocycles. The van der Waals surface area contributed by atoms with Gasteiger partial charge in [-0.2, -0.15) is 0 Å². The third-order valence-corrected chi connectivity index (χ3v) is 10.3. The summed E-state index contributed by atoms with van der Waals surface area (Å²) >= 11 is 0. The van der Waals surface area contributed by atoms with Crippen LogP contribution in [0.3, 0.4) is 0 Å². The summed E-state index contributed by atoms with van der Waals surface area (Å²) in [6.07, 6.45) is -0.0668. The standard InChI is InChI=1S/C23H32O3Si/c1-22(2,3)27(7,8)26-18-13-14-19-20(15-18)23(4,5)25-21(19)16-9-11-17(24-6)12-10-16/h9-15,21H,1-8H3. The van der Waals surface area contributed by atoms with Gasteiger partial charge in [0.2, 0.25) is 8.32 Å². The van der Waals surface area contributed by atoms with Gasteiger partial charge in [0.05, 0.1) is 12.7 Å². The SMILES string of the molecule is COc1ccc(C2OC(C)(C)c3cc(O[Si](C)(C)C(C)(C)C)ccc32)cc1. The maximum atomic E-state index is 6.52. The van der Waals surface area contributed by atoms with Crippen LogP contribution < -0.4 is 9.16 Å². The van der Waals surface area contributed by atoms with Gasteiger partial charge >= 0.3 is 0 Å². The first-order valence-electron chi connectivity index (χ1n) is 9.60. The van der Waals surface area contributed by atoms with Crippen molar-refractivity contribution < 1.29 is 13.9 Å². The number of benzene rings is 2. The lowest BCUT2D eigenvalue weighted by Gasteiger charge is -2.36. The number of rotatable bonds is 4. The molecular weight excluding hydrogens is 352 g/mol. The van der Waals surface area contributed by atoms with E-state index in [0.717, 1.165) is 17.1 Å². The van der Waals surface area contributed by atoms with Gasteiger partial charge in [-0.15, -0.1) is 0 Å². The number of hydrogen-bond donors (Lipinski definition) is 0. The molecule has 0 aliphatic carbocycles. The average Bonchev–Trinajstić information content (AvgIpc) is 2.85. The number of fused-ring (bicyclic) bond motifs is 1. The number of ether oxygens (including phenoxy) is 2. The van der Waals surface area contributed by atoms with Crippen molar-refractivity contribution in [2.24, 2.45) is 0 Å². The molecule has 1 aliphatic heterocycles. The second-order valence-corrected chi connectivity index (χ2v) is 14.1. The van der Waals surface area contributed by atoms with Gasteiger partial charge in [-0.1, -0.05) is 39.0 Å². The molecule has 0 bridgehead atoms. The Balaban J connectivity index is 1.95. The minimum atomic E-state index is -1.87. The van der Waals surface area contributed by atoms with E-state index in [1.54, 1.807) is 7.11 Å². The molecule has 146 valence electrons. The number of hydrogen-bond acceptors (Lipinski definition) is 3. The van der Waals surface area contributed by atoms with Crippen LogP contribution in [0, 0.1) is 0 Å². The van der Waals surface area contributed by atoms with Crippen molar-refractivity contribution in [3.05, 3.63) is 59.2 Å². The lowest BCUT2D eigenvalue weighted by Crippen LogP contribution is -2.43. The molecule has 1 heterocycles. The first-order chi connectivity index (χ1) is 12.4. The van der Waals surface area contributed by atoms with Crippen molar-refractivity contribution in [1.82, 2.24) is 0 Å². The largest absolute Gasteiger partial charge is 0.543 e. The van der Waals surface area contributed by atoms with E-state index in [9.17, 15) is 0 Å². The Hall–Kier alpha value is -1.78.